The number of carbonyl (C=O) groups is 2. The minimum atomic E-state index is -0.644. The van der Waals surface area contributed by atoms with Crippen molar-refractivity contribution in [2.24, 2.45) is 0 Å². The first-order chi connectivity index (χ1) is 14.6. The molecule has 7 heteroatoms. The van der Waals surface area contributed by atoms with Crippen molar-refractivity contribution in [1.82, 2.24) is 10.2 Å². The van der Waals surface area contributed by atoms with Gasteiger partial charge in [-0.1, -0.05) is 46.6 Å². The van der Waals surface area contributed by atoms with Gasteiger partial charge in [0.25, 0.3) is 5.91 Å². The number of ether oxygens (including phenoxy) is 1. The fourth-order valence-electron chi connectivity index (χ4n) is 3.05. The number of hydrogen-bond donors (Lipinski definition) is 1. The van der Waals surface area contributed by atoms with E-state index >= 15 is 0 Å². The van der Waals surface area contributed by atoms with Crippen LogP contribution in [0.5, 0.6) is 5.75 Å². The van der Waals surface area contributed by atoms with Gasteiger partial charge in [-0.15, -0.1) is 0 Å². The molecular weight excluding hydrogens is 480 g/mol. The molecule has 2 amide bonds. The third-order valence-corrected chi connectivity index (χ3v) is 6.71. The van der Waals surface area contributed by atoms with E-state index in [0.29, 0.717) is 10.8 Å². The Bertz CT molecular complexity index is 895. The van der Waals surface area contributed by atoms with Crippen LogP contribution in [-0.4, -0.2) is 35.4 Å². The van der Waals surface area contributed by atoms with E-state index in [9.17, 15) is 9.59 Å². The van der Waals surface area contributed by atoms with Crippen molar-refractivity contribution in [3.63, 3.8) is 0 Å². The Balaban J connectivity index is 2.18. The molecule has 0 aromatic heterocycles. The number of carbonyl (C=O) groups excluding carboxylic acids is 2. The molecule has 0 fully saturated rings. The molecule has 0 bridgehead atoms. The monoisotopic (exact) mass is 508 g/mol. The highest BCUT2D eigenvalue weighted by molar-refractivity contribution is 9.10. The van der Waals surface area contributed by atoms with Gasteiger partial charge in [0.1, 0.15) is 11.8 Å². The van der Waals surface area contributed by atoms with Crippen molar-refractivity contribution in [3.8, 4) is 5.75 Å². The third kappa shape index (κ3) is 7.25. The van der Waals surface area contributed by atoms with Crippen LogP contribution in [0.1, 0.15) is 43.9 Å². The highest BCUT2D eigenvalue weighted by Gasteiger charge is 2.27. The van der Waals surface area contributed by atoms with E-state index in [2.05, 4.69) is 21.2 Å². The van der Waals surface area contributed by atoms with Gasteiger partial charge >= 0.3 is 0 Å². The van der Waals surface area contributed by atoms with Crippen LogP contribution >= 0.6 is 27.5 Å². The Labute approximate surface area is 198 Å². The van der Waals surface area contributed by atoms with Crippen molar-refractivity contribution >= 4 is 39.3 Å². The molecule has 1 N–H and O–H groups in total. The number of benzene rings is 2. The number of amides is 2. The largest absolute Gasteiger partial charge is 0.484 e. The van der Waals surface area contributed by atoms with Crippen LogP contribution < -0.4 is 10.1 Å². The van der Waals surface area contributed by atoms with Crippen molar-refractivity contribution in [2.45, 2.75) is 59.7 Å². The molecule has 2 atom stereocenters. The van der Waals surface area contributed by atoms with Gasteiger partial charge in [-0.05, 0) is 75.1 Å². The molecule has 2 aromatic carbocycles. The molecule has 168 valence electrons. The summed E-state index contributed by atoms with van der Waals surface area (Å²) in [6.45, 7) is 9.75. The minimum absolute atomic E-state index is 0.0346. The lowest BCUT2D eigenvalue weighted by Crippen LogP contribution is -2.50. The zero-order valence-electron chi connectivity index (χ0n) is 18.7. The van der Waals surface area contributed by atoms with Crippen LogP contribution in [0.4, 0.5) is 0 Å². The highest BCUT2D eigenvalue weighted by Crippen LogP contribution is 2.26. The maximum atomic E-state index is 13.1. The molecule has 0 aliphatic heterocycles. The predicted octanol–water partition coefficient (Wildman–Crippen LogP) is 5.43. The number of halogens is 2. The Kier molecular flexibility index (Phi) is 9.38. The summed E-state index contributed by atoms with van der Waals surface area (Å²) < 4.78 is 6.81. The van der Waals surface area contributed by atoms with Gasteiger partial charge in [-0.2, -0.15) is 0 Å². The normalized spacial score (nSPS) is 12.7. The molecule has 0 spiro atoms. The Morgan fingerprint density at radius 1 is 1.13 bits per heavy atom. The van der Waals surface area contributed by atoms with Gasteiger partial charge in [0.2, 0.25) is 5.91 Å². The molecule has 0 saturated carbocycles. The predicted molar refractivity (Wildman–Crippen MR) is 128 cm³/mol. The van der Waals surface area contributed by atoms with Crippen molar-refractivity contribution in [2.75, 3.05) is 6.61 Å². The number of hydrogen-bond acceptors (Lipinski definition) is 3. The summed E-state index contributed by atoms with van der Waals surface area (Å²) >= 11 is 9.52. The maximum Gasteiger partial charge on any atom is 0.261 e. The molecule has 0 unspecified atom stereocenters. The molecule has 0 heterocycles. The Morgan fingerprint density at radius 2 is 1.71 bits per heavy atom. The Morgan fingerprint density at radius 3 is 2.26 bits per heavy atom. The fraction of sp³-hybridized carbons (Fsp3) is 0.417. The van der Waals surface area contributed by atoms with E-state index < -0.39 is 6.04 Å². The van der Waals surface area contributed by atoms with Crippen molar-refractivity contribution in [3.05, 3.63) is 62.6 Å². The quantitative estimate of drug-likeness (QED) is 0.490. The van der Waals surface area contributed by atoms with Gasteiger partial charge in [0.05, 0.1) is 0 Å². The standard InChI is InChI=1S/C24H30BrClN2O3/c1-6-17(4)27-24(30)18(5)28(13-19-7-9-20(26)10-8-19)22(29)14-31-21-11-15(2)23(25)16(3)12-21/h7-12,17-18H,6,13-14H2,1-5H3,(H,27,30)/t17-,18+/m0/s1. The van der Waals surface area contributed by atoms with E-state index in [1.165, 1.54) is 0 Å². The first-order valence-electron chi connectivity index (χ1n) is 10.4. The molecule has 31 heavy (non-hydrogen) atoms. The zero-order chi connectivity index (χ0) is 23.1. The molecule has 0 radical (unpaired) electrons. The van der Waals surface area contributed by atoms with Crippen molar-refractivity contribution < 1.29 is 14.3 Å². The smallest absolute Gasteiger partial charge is 0.261 e. The highest BCUT2D eigenvalue weighted by atomic mass is 79.9. The second kappa shape index (κ2) is 11.5. The SMILES string of the molecule is CC[C@H](C)NC(=O)[C@@H](C)N(Cc1ccc(Cl)cc1)C(=O)COc1cc(C)c(Br)c(C)c1. The van der Waals surface area contributed by atoms with Gasteiger partial charge in [-0.25, -0.2) is 0 Å². The first-order valence-corrected chi connectivity index (χ1v) is 11.5. The van der Waals surface area contributed by atoms with Crippen LogP contribution in [-0.2, 0) is 16.1 Å². The lowest BCUT2D eigenvalue weighted by molar-refractivity contribution is -0.142. The number of nitrogens with one attached hydrogen (secondary N) is 1. The Hall–Kier alpha value is -2.05. The van der Waals surface area contributed by atoms with Gasteiger partial charge in [-0.3, -0.25) is 9.59 Å². The molecule has 2 aromatic rings. The first kappa shape index (κ1) is 25.2. The second-order valence-electron chi connectivity index (χ2n) is 7.80. The van der Waals surface area contributed by atoms with E-state index in [-0.39, 0.29) is 31.0 Å². The number of nitrogens with zero attached hydrogens (tertiary/aromatic N) is 1. The van der Waals surface area contributed by atoms with Gasteiger partial charge in [0.15, 0.2) is 6.61 Å². The summed E-state index contributed by atoms with van der Waals surface area (Å²) in [5, 5.41) is 3.57. The molecule has 0 aliphatic carbocycles. The van der Waals surface area contributed by atoms with Crippen LogP contribution in [0.2, 0.25) is 5.02 Å². The molecule has 5 nitrogen and oxygen atoms in total. The minimum Gasteiger partial charge on any atom is -0.484 e. The summed E-state index contributed by atoms with van der Waals surface area (Å²) in [5.74, 6) is 0.168. The molecule has 2 rings (SSSR count). The summed E-state index contributed by atoms with van der Waals surface area (Å²) in [6.07, 6.45) is 0.814. The fourth-order valence-corrected chi connectivity index (χ4v) is 3.41. The second-order valence-corrected chi connectivity index (χ2v) is 9.03. The van der Waals surface area contributed by atoms with Crippen molar-refractivity contribution in [1.29, 1.82) is 0 Å². The van der Waals surface area contributed by atoms with Gasteiger partial charge in [0, 0.05) is 22.1 Å². The van der Waals surface area contributed by atoms with E-state index in [1.807, 2.05) is 52.0 Å². The van der Waals surface area contributed by atoms with Crippen LogP contribution in [0, 0.1) is 13.8 Å². The zero-order valence-corrected chi connectivity index (χ0v) is 21.0. The van der Waals surface area contributed by atoms with Crippen LogP contribution in [0.25, 0.3) is 0 Å². The number of aryl methyl sites for hydroxylation is 2. The topological polar surface area (TPSA) is 58.6 Å². The van der Waals surface area contributed by atoms with E-state index in [4.69, 9.17) is 16.3 Å². The average Bonchev–Trinajstić information content (AvgIpc) is 2.74. The van der Waals surface area contributed by atoms with E-state index in [0.717, 1.165) is 27.6 Å². The lowest BCUT2D eigenvalue weighted by atomic mass is 10.1. The van der Waals surface area contributed by atoms with Gasteiger partial charge < -0.3 is 15.0 Å². The third-order valence-electron chi connectivity index (χ3n) is 5.21. The summed E-state index contributed by atoms with van der Waals surface area (Å²) in [5.41, 5.74) is 2.94. The molecular formula is C24H30BrClN2O3. The summed E-state index contributed by atoms with van der Waals surface area (Å²) in [7, 11) is 0. The lowest BCUT2D eigenvalue weighted by Gasteiger charge is -2.29. The summed E-state index contributed by atoms with van der Waals surface area (Å²) in [6, 6.07) is 10.4. The van der Waals surface area contributed by atoms with Crippen LogP contribution in [0.3, 0.4) is 0 Å². The molecule has 0 aliphatic rings. The average molecular weight is 510 g/mol. The summed E-state index contributed by atoms with van der Waals surface area (Å²) in [4.78, 5) is 27.4. The maximum absolute atomic E-state index is 13.1. The number of rotatable bonds is 9. The molecule has 0 saturated heterocycles. The van der Waals surface area contributed by atoms with E-state index in [1.54, 1.807) is 24.0 Å². The van der Waals surface area contributed by atoms with Crippen LogP contribution in [0.15, 0.2) is 40.9 Å².